The highest BCUT2D eigenvalue weighted by atomic mass is 32.2. The van der Waals surface area contributed by atoms with Crippen molar-refractivity contribution in [3.05, 3.63) is 46.8 Å². The summed E-state index contributed by atoms with van der Waals surface area (Å²) in [5, 5.41) is 0. The molecule has 0 aliphatic carbocycles. The lowest BCUT2D eigenvalue weighted by Gasteiger charge is -2.14. The highest BCUT2D eigenvalue weighted by molar-refractivity contribution is 8.02. The average molecular weight is 331 g/mol. The first-order chi connectivity index (χ1) is 10.6. The number of amidine groups is 1. The number of thioether (sulfide) groups is 1. The van der Waals surface area contributed by atoms with Crippen molar-refractivity contribution in [2.24, 2.45) is 4.99 Å². The summed E-state index contributed by atoms with van der Waals surface area (Å²) >= 11 is 3.06. The van der Waals surface area contributed by atoms with E-state index in [1.807, 2.05) is 18.2 Å². The lowest BCUT2D eigenvalue weighted by Crippen LogP contribution is -2.42. The van der Waals surface area contributed by atoms with Crippen LogP contribution >= 0.6 is 23.1 Å². The van der Waals surface area contributed by atoms with E-state index in [-0.39, 0.29) is 11.7 Å². The smallest absolute Gasteiger partial charge is 0.269 e. The van der Waals surface area contributed by atoms with Gasteiger partial charge < -0.3 is 0 Å². The molecule has 0 fully saturated rings. The standard InChI is InChI=1S/C15H13N3O2S2/c1-9(19)12-7-11-15(22-12)21-8-13(16-11)17-18-14(20)10-5-3-2-4-6-10/h2-7H,8H2,1H3,(H,16,17)(H,18,20). The van der Waals surface area contributed by atoms with Crippen LogP contribution in [-0.2, 0) is 0 Å². The van der Waals surface area contributed by atoms with Crippen molar-refractivity contribution in [1.29, 1.82) is 0 Å². The Balaban J connectivity index is 1.67. The molecule has 3 rings (SSSR count). The molecule has 0 atom stereocenters. The minimum absolute atomic E-state index is 0.0436. The second-order valence-electron chi connectivity index (χ2n) is 4.63. The Bertz CT molecular complexity index is 753. The SMILES string of the molecule is CC(=O)c1cc2c(s1)SCC(NNC(=O)c1ccccc1)=N2. The topological polar surface area (TPSA) is 70.6 Å². The van der Waals surface area contributed by atoms with Gasteiger partial charge in [-0.2, -0.15) is 0 Å². The molecule has 1 aliphatic heterocycles. The van der Waals surface area contributed by atoms with Crippen molar-refractivity contribution >= 4 is 46.3 Å². The predicted molar refractivity (Wildman–Crippen MR) is 89.2 cm³/mol. The van der Waals surface area contributed by atoms with Crippen LogP contribution in [-0.4, -0.2) is 23.3 Å². The lowest BCUT2D eigenvalue weighted by molar-refractivity contribution is 0.0943. The first-order valence-electron chi connectivity index (χ1n) is 6.60. The van der Waals surface area contributed by atoms with Gasteiger partial charge in [-0.05, 0) is 25.1 Å². The number of nitrogens with zero attached hydrogens (tertiary/aromatic N) is 1. The van der Waals surface area contributed by atoms with E-state index in [9.17, 15) is 9.59 Å². The molecule has 1 aliphatic rings. The first-order valence-corrected chi connectivity index (χ1v) is 8.40. The number of Topliss-reactive ketones (excluding diaryl/α,β-unsaturated/α-hetero) is 1. The molecule has 0 saturated heterocycles. The van der Waals surface area contributed by atoms with Crippen LogP contribution in [0.15, 0.2) is 45.6 Å². The van der Waals surface area contributed by atoms with Gasteiger partial charge in [-0.1, -0.05) is 18.2 Å². The van der Waals surface area contributed by atoms with Gasteiger partial charge in [0.25, 0.3) is 5.91 Å². The van der Waals surface area contributed by atoms with Gasteiger partial charge in [-0.25, -0.2) is 4.99 Å². The van der Waals surface area contributed by atoms with E-state index in [2.05, 4.69) is 15.8 Å². The molecule has 0 radical (unpaired) electrons. The van der Waals surface area contributed by atoms with Crippen molar-refractivity contribution in [1.82, 2.24) is 10.9 Å². The fraction of sp³-hybridized carbons (Fsp3) is 0.133. The number of thiophene rings is 1. The summed E-state index contributed by atoms with van der Waals surface area (Å²) in [5.41, 5.74) is 6.84. The molecule has 2 aromatic rings. The van der Waals surface area contributed by atoms with Crippen LogP contribution in [0.2, 0.25) is 0 Å². The zero-order chi connectivity index (χ0) is 15.5. The lowest BCUT2D eigenvalue weighted by atomic mass is 10.2. The molecule has 112 valence electrons. The molecular weight excluding hydrogens is 318 g/mol. The van der Waals surface area contributed by atoms with E-state index in [0.29, 0.717) is 22.0 Å². The number of hydrogen-bond acceptors (Lipinski definition) is 6. The zero-order valence-corrected chi connectivity index (χ0v) is 13.4. The number of rotatable bonds is 2. The number of carbonyl (C=O) groups excluding carboxylic acids is 2. The summed E-state index contributed by atoms with van der Waals surface area (Å²) in [6.45, 7) is 1.55. The summed E-state index contributed by atoms with van der Waals surface area (Å²) in [7, 11) is 0. The molecular formula is C15H13N3O2S2. The fourth-order valence-electron chi connectivity index (χ4n) is 1.89. The minimum Gasteiger partial charge on any atom is -0.294 e. The molecule has 22 heavy (non-hydrogen) atoms. The van der Waals surface area contributed by atoms with Crippen molar-refractivity contribution in [3.63, 3.8) is 0 Å². The Morgan fingerprint density at radius 2 is 2.00 bits per heavy atom. The quantitative estimate of drug-likeness (QED) is 0.655. The summed E-state index contributed by atoms with van der Waals surface area (Å²) in [4.78, 5) is 28.5. The van der Waals surface area contributed by atoms with Crippen LogP contribution in [0.1, 0.15) is 27.0 Å². The third-order valence-electron chi connectivity index (χ3n) is 2.98. The molecule has 5 nitrogen and oxygen atoms in total. The zero-order valence-electron chi connectivity index (χ0n) is 11.8. The summed E-state index contributed by atoms with van der Waals surface area (Å²) in [6, 6.07) is 10.7. The molecule has 0 saturated carbocycles. The van der Waals surface area contributed by atoms with Crippen molar-refractivity contribution in [2.45, 2.75) is 11.1 Å². The van der Waals surface area contributed by atoms with Crippen LogP contribution in [0.25, 0.3) is 0 Å². The molecule has 1 aromatic carbocycles. The maximum absolute atomic E-state index is 11.9. The molecule has 2 heterocycles. The van der Waals surface area contributed by atoms with Gasteiger partial charge in [-0.15, -0.1) is 23.1 Å². The van der Waals surface area contributed by atoms with Crippen LogP contribution in [0.5, 0.6) is 0 Å². The van der Waals surface area contributed by atoms with Gasteiger partial charge in [0, 0.05) is 5.56 Å². The normalized spacial score (nSPS) is 13.0. The number of hydrazine groups is 1. The monoisotopic (exact) mass is 331 g/mol. The third kappa shape index (κ3) is 3.20. The number of aliphatic imine (C=N–C) groups is 1. The Morgan fingerprint density at radius 3 is 2.73 bits per heavy atom. The van der Waals surface area contributed by atoms with Gasteiger partial charge in [0.1, 0.15) is 5.84 Å². The highest BCUT2D eigenvalue weighted by Gasteiger charge is 2.18. The minimum atomic E-state index is -0.214. The molecule has 0 unspecified atom stereocenters. The average Bonchev–Trinajstić information content (AvgIpc) is 2.97. The number of fused-ring (bicyclic) bond motifs is 1. The molecule has 1 aromatic heterocycles. The second-order valence-corrected chi connectivity index (χ2v) is 6.93. The van der Waals surface area contributed by atoms with Crippen LogP contribution in [0.4, 0.5) is 5.69 Å². The number of carbonyl (C=O) groups is 2. The molecule has 0 bridgehead atoms. The highest BCUT2D eigenvalue weighted by Crippen LogP contribution is 2.40. The van der Waals surface area contributed by atoms with E-state index in [1.54, 1.807) is 36.9 Å². The van der Waals surface area contributed by atoms with Crippen molar-refractivity contribution in [2.75, 3.05) is 5.75 Å². The third-order valence-corrected chi connectivity index (χ3v) is 5.49. The Labute approximate surface area is 135 Å². The van der Waals surface area contributed by atoms with Gasteiger partial charge in [0.2, 0.25) is 0 Å². The Morgan fingerprint density at radius 1 is 1.23 bits per heavy atom. The van der Waals surface area contributed by atoms with Crippen LogP contribution in [0.3, 0.4) is 0 Å². The number of nitrogens with one attached hydrogen (secondary N) is 2. The van der Waals surface area contributed by atoms with E-state index in [0.717, 1.165) is 9.90 Å². The molecule has 1 amide bonds. The summed E-state index contributed by atoms with van der Waals surface area (Å²) in [6.07, 6.45) is 0. The van der Waals surface area contributed by atoms with E-state index >= 15 is 0 Å². The van der Waals surface area contributed by atoms with Gasteiger partial charge in [0.15, 0.2) is 5.78 Å². The first kappa shape index (κ1) is 14.8. The maximum Gasteiger partial charge on any atom is 0.269 e. The van der Waals surface area contributed by atoms with Crippen LogP contribution in [0, 0.1) is 0 Å². The fourth-order valence-corrected chi connectivity index (χ4v) is 3.95. The molecule has 2 N–H and O–H groups in total. The number of amides is 1. The second kappa shape index (κ2) is 6.33. The van der Waals surface area contributed by atoms with E-state index in [1.165, 1.54) is 11.3 Å². The van der Waals surface area contributed by atoms with E-state index < -0.39 is 0 Å². The predicted octanol–water partition coefficient (Wildman–Crippen LogP) is 3.02. The number of hydrogen-bond donors (Lipinski definition) is 2. The summed E-state index contributed by atoms with van der Waals surface area (Å²) in [5.74, 6) is 1.12. The van der Waals surface area contributed by atoms with Crippen LogP contribution < -0.4 is 10.9 Å². The largest absolute Gasteiger partial charge is 0.294 e. The Kier molecular flexibility index (Phi) is 4.26. The molecule has 0 spiro atoms. The van der Waals surface area contributed by atoms with Gasteiger partial charge in [0.05, 0.1) is 20.5 Å². The number of ketones is 1. The summed E-state index contributed by atoms with van der Waals surface area (Å²) < 4.78 is 1.03. The maximum atomic E-state index is 11.9. The number of benzene rings is 1. The van der Waals surface area contributed by atoms with Crippen molar-refractivity contribution < 1.29 is 9.59 Å². The van der Waals surface area contributed by atoms with Crippen molar-refractivity contribution in [3.8, 4) is 0 Å². The molecule has 7 heteroatoms. The Hall–Kier alpha value is -2.12. The van der Waals surface area contributed by atoms with Gasteiger partial charge >= 0.3 is 0 Å². The van der Waals surface area contributed by atoms with E-state index in [4.69, 9.17) is 0 Å². The van der Waals surface area contributed by atoms with Gasteiger partial charge in [-0.3, -0.25) is 20.4 Å².